The average molecular weight is 495 g/mol. The number of rotatable bonds is 15. The van der Waals surface area contributed by atoms with Crippen molar-refractivity contribution in [2.75, 3.05) is 0 Å². The number of hydrogen-bond donors (Lipinski definition) is 4. The Bertz CT molecular complexity index is 722. The summed E-state index contributed by atoms with van der Waals surface area (Å²) in [5.41, 5.74) is 1.44. The molecule has 35 heavy (non-hydrogen) atoms. The molecule has 0 amide bonds. The number of ether oxygens (including phenoxy) is 1. The number of allylic oxidation sites excluding steroid dienone is 6. The van der Waals surface area contributed by atoms with Gasteiger partial charge in [0.2, 0.25) is 0 Å². The lowest BCUT2D eigenvalue weighted by Crippen LogP contribution is -2.43. The number of aliphatic hydroxyl groups is 4. The standard InChI is InChI=1S/C30H54O5/c1-22(14-11-15-24(3)16-18-25(31)28(4,5)33)12-9-10-13-23(2)17-19-26(32)30(8)21-20-27(35-30)29(6,7)34/h12-13,15,25-27,31-34H,9-11,14,16-21H2,1-8H3. The van der Waals surface area contributed by atoms with Gasteiger partial charge in [-0.25, -0.2) is 0 Å². The van der Waals surface area contributed by atoms with Crippen molar-refractivity contribution in [1.29, 1.82) is 0 Å². The first-order valence-electron chi connectivity index (χ1n) is 13.5. The topological polar surface area (TPSA) is 90.2 Å². The summed E-state index contributed by atoms with van der Waals surface area (Å²) in [4.78, 5) is 0. The molecule has 204 valence electrons. The van der Waals surface area contributed by atoms with Crippen LogP contribution >= 0.6 is 0 Å². The van der Waals surface area contributed by atoms with Crippen molar-refractivity contribution in [1.82, 2.24) is 0 Å². The van der Waals surface area contributed by atoms with E-state index in [0.29, 0.717) is 12.8 Å². The molecular formula is C30H54O5. The zero-order chi connectivity index (χ0) is 26.9. The third-order valence-electron chi connectivity index (χ3n) is 7.43. The van der Waals surface area contributed by atoms with E-state index in [0.717, 1.165) is 51.4 Å². The van der Waals surface area contributed by atoms with Crippen molar-refractivity contribution in [3.8, 4) is 0 Å². The maximum Gasteiger partial charge on any atom is 0.0918 e. The van der Waals surface area contributed by atoms with Crippen LogP contribution < -0.4 is 0 Å². The normalized spacial score (nSPS) is 24.7. The molecule has 0 saturated carbocycles. The fourth-order valence-corrected chi connectivity index (χ4v) is 4.50. The van der Waals surface area contributed by atoms with Gasteiger partial charge in [-0.05, 0) is 120 Å². The van der Waals surface area contributed by atoms with Gasteiger partial charge in [-0.1, -0.05) is 34.9 Å². The minimum Gasteiger partial charge on any atom is -0.390 e. The summed E-state index contributed by atoms with van der Waals surface area (Å²) in [5.74, 6) is 0. The second-order valence-electron chi connectivity index (χ2n) is 12.1. The van der Waals surface area contributed by atoms with Crippen LogP contribution in [0.1, 0.15) is 120 Å². The van der Waals surface area contributed by atoms with Crippen molar-refractivity contribution in [2.24, 2.45) is 0 Å². The molecule has 0 aromatic heterocycles. The SMILES string of the molecule is CC(=CCCC=C(C)CCC(O)C1(C)CCC(C(C)(C)O)O1)CCC=C(C)CCC(O)C(C)(C)O. The first-order chi connectivity index (χ1) is 16.0. The first-order valence-corrected chi connectivity index (χ1v) is 13.5. The Labute approximate surface area is 215 Å². The Morgan fingerprint density at radius 1 is 0.857 bits per heavy atom. The fourth-order valence-electron chi connectivity index (χ4n) is 4.50. The van der Waals surface area contributed by atoms with Crippen LogP contribution in [-0.2, 0) is 4.74 Å². The van der Waals surface area contributed by atoms with Crippen LogP contribution in [0.15, 0.2) is 34.9 Å². The van der Waals surface area contributed by atoms with Gasteiger partial charge in [-0.2, -0.15) is 0 Å². The van der Waals surface area contributed by atoms with E-state index in [9.17, 15) is 20.4 Å². The molecule has 1 aliphatic heterocycles. The molecular weight excluding hydrogens is 440 g/mol. The summed E-state index contributed by atoms with van der Waals surface area (Å²) >= 11 is 0. The summed E-state index contributed by atoms with van der Waals surface area (Å²) in [6.07, 6.45) is 13.9. The second-order valence-corrected chi connectivity index (χ2v) is 12.1. The van der Waals surface area contributed by atoms with Crippen LogP contribution in [0, 0.1) is 0 Å². The number of unbranched alkanes of at least 4 members (excludes halogenated alkanes) is 1. The molecule has 1 heterocycles. The third-order valence-corrected chi connectivity index (χ3v) is 7.43. The van der Waals surface area contributed by atoms with Crippen molar-refractivity contribution < 1.29 is 25.2 Å². The first kappa shape index (κ1) is 32.0. The van der Waals surface area contributed by atoms with E-state index in [-0.39, 0.29) is 6.10 Å². The van der Waals surface area contributed by atoms with Gasteiger partial charge in [0.05, 0.1) is 35.1 Å². The minimum absolute atomic E-state index is 0.222. The fraction of sp³-hybridized carbons (Fsp3) is 0.800. The van der Waals surface area contributed by atoms with E-state index in [1.165, 1.54) is 16.7 Å². The van der Waals surface area contributed by atoms with Gasteiger partial charge in [0, 0.05) is 0 Å². The molecule has 0 bridgehead atoms. The highest BCUT2D eigenvalue weighted by Crippen LogP contribution is 2.38. The molecule has 1 rings (SSSR count). The summed E-state index contributed by atoms with van der Waals surface area (Å²) in [6, 6.07) is 0. The van der Waals surface area contributed by atoms with Gasteiger partial charge in [0.1, 0.15) is 0 Å². The van der Waals surface area contributed by atoms with E-state index in [1.807, 2.05) is 6.92 Å². The molecule has 4 atom stereocenters. The van der Waals surface area contributed by atoms with Crippen LogP contribution in [0.25, 0.3) is 0 Å². The number of aliphatic hydroxyl groups excluding tert-OH is 2. The summed E-state index contributed by atoms with van der Waals surface area (Å²) in [5, 5.41) is 40.7. The Kier molecular flexibility index (Phi) is 12.9. The van der Waals surface area contributed by atoms with Gasteiger partial charge in [-0.3, -0.25) is 0 Å². The molecule has 1 fully saturated rings. The van der Waals surface area contributed by atoms with Crippen LogP contribution in [0.4, 0.5) is 0 Å². The maximum absolute atomic E-state index is 10.7. The van der Waals surface area contributed by atoms with Crippen molar-refractivity contribution in [2.45, 2.75) is 155 Å². The monoisotopic (exact) mass is 494 g/mol. The zero-order valence-corrected chi connectivity index (χ0v) is 23.7. The smallest absolute Gasteiger partial charge is 0.0918 e. The third kappa shape index (κ3) is 12.2. The average Bonchev–Trinajstić information content (AvgIpc) is 3.16. The van der Waals surface area contributed by atoms with E-state index in [2.05, 4.69) is 39.0 Å². The molecule has 5 heteroatoms. The molecule has 0 aromatic carbocycles. The summed E-state index contributed by atoms with van der Waals surface area (Å²) in [7, 11) is 0. The molecule has 0 spiro atoms. The van der Waals surface area contributed by atoms with Crippen molar-refractivity contribution >= 4 is 0 Å². The van der Waals surface area contributed by atoms with Gasteiger partial charge in [-0.15, -0.1) is 0 Å². The van der Waals surface area contributed by atoms with Crippen molar-refractivity contribution in [3.05, 3.63) is 34.9 Å². The van der Waals surface area contributed by atoms with Crippen molar-refractivity contribution in [3.63, 3.8) is 0 Å². The minimum atomic E-state index is -1.05. The summed E-state index contributed by atoms with van der Waals surface area (Å²) in [6.45, 7) is 15.2. The van der Waals surface area contributed by atoms with Gasteiger partial charge in [0.15, 0.2) is 0 Å². The molecule has 4 unspecified atom stereocenters. The van der Waals surface area contributed by atoms with Crippen LogP contribution in [0.5, 0.6) is 0 Å². The molecule has 0 aromatic rings. The Balaban J connectivity index is 2.31. The van der Waals surface area contributed by atoms with Crippen LogP contribution in [0.2, 0.25) is 0 Å². The highest BCUT2D eigenvalue weighted by molar-refractivity contribution is 5.06. The van der Waals surface area contributed by atoms with Crippen LogP contribution in [0.3, 0.4) is 0 Å². The van der Waals surface area contributed by atoms with Gasteiger partial charge < -0.3 is 25.2 Å². The molecule has 1 aliphatic rings. The quantitative estimate of drug-likeness (QED) is 0.162. The Morgan fingerprint density at radius 2 is 1.34 bits per heavy atom. The van der Waals surface area contributed by atoms with E-state index < -0.39 is 29.0 Å². The lowest BCUT2D eigenvalue weighted by Gasteiger charge is -2.33. The lowest BCUT2D eigenvalue weighted by molar-refractivity contribution is -0.153. The molecule has 1 saturated heterocycles. The number of hydrogen-bond acceptors (Lipinski definition) is 5. The van der Waals surface area contributed by atoms with Gasteiger partial charge in [0.25, 0.3) is 0 Å². The molecule has 0 radical (unpaired) electrons. The second kappa shape index (κ2) is 14.1. The molecule has 4 N–H and O–H groups in total. The predicted octanol–water partition coefficient (Wildman–Crippen LogP) is 6.15. The highest BCUT2D eigenvalue weighted by atomic mass is 16.5. The summed E-state index contributed by atoms with van der Waals surface area (Å²) < 4.78 is 6.06. The predicted molar refractivity (Wildman–Crippen MR) is 145 cm³/mol. The van der Waals surface area contributed by atoms with Crippen LogP contribution in [-0.4, -0.2) is 55.5 Å². The largest absolute Gasteiger partial charge is 0.390 e. The maximum atomic E-state index is 10.7. The molecule has 5 nitrogen and oxygen atoms in total. The van der Waals surface area contributed by atoms with E-state index in [1.54, 1.807) is 27.7 Å². The lowest BCUT2D eigenvalue weighted by atomic mass is 9.90. The zero-order valence-electron chi connectivity index (χ0n) is 23.7. The van der Waals surface area contributed by atoms with E-state index >= 15 is 0 Å². The Morgan fingerprint density at radius 3 is 1.83 bits per heavy atom. The Hall–Kier alpha value is -0.980. The van der Waals surface area contributed by atoms with E-state index in [4.69, 9.17) is 4.74 Å². The molecule has 0 aliphatic carbocycles. The van der Waals surface area contributed by atoms with Gasteiger partial charge >= 0.3 is 0 Å². The highest BCUT2D eigenvalue weighted by Gasteiger charge is 2.46.